The van der Waals surface area contributed by atoms with E-state index in [1.54, 1.807) is 6.92 Å². The van der Waals surface area contributed by atoms with Crippen molar-refractivity contribution in [3.63, 3.8) is 0 Å². The molecule has 26 heavy (non-hydrogen) atoms. The van der Waals surface area contributed by atoms with E-state index in [0.29, 0.717) is 6.04 Å². The number of carbonyl (C=O) groups excluding carboxylic acids is 1. The lowest BCUT2D eigenvalue weighted by Crippen LogP contribution is -2.56. The van der Waals surface area contributed by atoms with Crippen molar-refractivity contribution >= 4 is 5.91 Å². The van der Waals surface area contributed by atoms with Gasteiger partial charge in [0.15, 0.2) is 0 Å². The van der Waals surface area contributed by atoms with Gasteiger partial charge < -0.3 is 10.2 Å². The van der Waals surface area contributed by atoms with Crippen LogP contribution in [0, 0.1) is 6.92 Å². The number of hydrogen-bond donors (Lipinski definition) is 1. The molecule has 1 saturated heterocycles. The minimum absolute atomic E-state index is 0.192. The summed E-state index contributed by atoms with van der Waals surface area (Å²) in [6.07, 6.45) is 4.15. The van der Waals surface area contributed by atoms with Gasteiger partial charge in [0.1, 0.15) is 0 Å². The Morgan fingerprint density at radius 3 is 2.62 bits per heavy atom. The SMILES string of the molecule is CC(=O)N1CCC[C@H](NCCc2ccccc2)[C@@H]1Cc1cccc(C)c1. The van der Waals surface area contributed by atoms with Gasteiger partial charge >= 0.3 is 0 Å². The van der Waals surface area contributed by atoms with Gasteiger partial charge in [-0.2, -0.15) is 0 Å². The van der Waals surface area contributed by atoms with Crippen LogP contribution in [-0.4, -0.2) is 36.0 Å². The maximum Gasteiger partial charge on any atom is 0.219 e. The van der Waals surface area contributed by atoms with Gasteiger partial charge in [-0.15, -0.1) is 0 Å². The molecule has 0 unspecified atom stereocenters. The maximum atomic E-state index is 12.2. The molecule has 2 aromatic carbocycles. The second-order valence-electron chi connectivity index (χ2n) is 7.41. The van der Waals surface area contributed by atoms with E-state index >= 15 is 0 Å². The largest absolute Gasteiger partial charge is 0.338 e. The third-order valence-electron chi connectivity index (χ3n) is 5.37. The second kappa shape index (κ2) is 9.00. The summed E-state index contributed by atoms with van der Waals surface area (Å²) < 4.78 is 0. The monoisotopic (exact) mass is 350 g/mol. The van der Waals surface area contributed by atoms with Crippen molar-refractivity contribution < 1.29 is 4.79 Å². The summed E-state index contributed by atoms with van der Waals surface area (Å²) in [5.41, 5.74) is 3.95. The number of nitrogens with one attached hydrogen (secondary N) is 1. The highest BCUT2D eigenvalue weighted by atomic mass is 16.2. The van der Waals surface area contributed by atoms with E-state index in [1.165, 1.54) is 16.7 Å². The molecule has 0 aromatic heterocycles. The summed E-state index contributed by atoms with van der Waals surface area (Å²) in [6.45, 7) is 5.66. The van der Waals surface area contributed by atoms with Crippen molar-refractivity contribution in [2.75, 3.05) is 13.1 Å². The van der Waals surface area contributed by atoms with E-state index in [1.807, 2.05) is 0 Å². The van der Waals surface area contributed by atoms with Crippen LogP contribution in [0.4, 0.5) is 0 Å². The first-order valence-electron chi connectivity index (χ1n) is 9.73. The van der Waals surface area contributed by atoms with Gasteiger partial charge in [0.25, 0.3) is 0 Å². The molecule has 1 aliphatic heterocycles. The fourth-order valence-corrected chi connectivity index (χ4v) is 4.07. The lowest BCUT2D eigenvalue weighted by Gasteiger charge is -2.41. The Hall–Kier alpha value is -2.13. The van der Waals surface area contributed by atoms with Crippen LogP contribution in [0.2, 0.25) is 0 Å². The third-order valence-corrected chi connectivity index (χ3v) is 5.37. The quantitative estimate of drug-likeness (QED) is 0.860. The maximum absolute atomic E-state index is 12.2. The molecular weight excluding hydrogens is 320 g/mol. The summed E-state index contributed by atoms with van der Waals surface area (Å²) in [4.78, 5) is 14.3. The molecule has 1 heterocycles. The minimum Gasteiger partial charge on any atom is -0.338 e. The fourth-order valence-electron chi connectivity index (χ4n) is 4.07. The molecule has 1 fully saturated rings. The molecule has 0 bridgehead atoms. The molecule has 138 valence electrons. The van der Waals surface area contributed by atoms with Gasteiger partial charge in [-0.05, 0) is 50.3 Å². The van der Waals surface area contributed by atoms with E-state index < -0.39 is 0 Å². The second-order valence-corrected chi connectivity index (χ2v) is 7.41. The van der Waals surface area contributed by atoms with Crippen LogP contribution in [0.15, 0.2) is 54.6 Å². The molecule has 3 rings (SSSR count). The average molecular weight is 351 g/mol. The molecule has 0 radical (unpaired) electrons. The smallest absolute Gasteiger partial charge is 0.219 e. The highest BCUT2D eigenvalue weighted by Crippen LogP contribution is 2.22. The van der Waals surface area contributed by atoms with Crippen molar-refractivity contribution in [3.8, 4) is 0 Å². The topological polar surface area (TPSA) is 32.3 Å². The number of benzene rings is 2. The van der Waals surface area contributed by atoms with E-state index in [4.69, 9.17) is 0 Å². The van der Waals surface area contributed by atoms with Gasteiger partial charge in [0.05, 0.1) is 6.04 Å². The number of nitrogens with zero attached hydrogens (tertiary/aromatic N) is 1. The third kappa shape index (κ3) is 4.95. The molecule has 0 aliphatic carbocycles. The first-order chi connectivity index (χ1) is 12.6. The summed E-state index contributed by atoms with van der Waals surface area (Å²) in [5.74, 6) is 0.192. The van der Waals surface area contributed by atoms with Crippen LogP contribution in [-0.2, 0) is 17.6 Å². The van der Waals surface area contributed by atoms with E-state index in [2.05, 4.69) is 71.7 Å². The molecule has 1 amide bonds. The lowest BCUT2D eigenvalue weighted by atomic mass is 9.90. The predicted molar refractivity (Wildman–Crippen MR) is 107 cm³/mol. The van der Waals surface area contributed by atoms with Crippen LogP contribution >= 0.6 is 0 Å². The highest BCUT2D eigenvalue weighted by molar-refractivity contribution is 5.73. The average Bonchev–Trinajstić information content (AvgIpc) is 2.63. The number of rotatable bonds is 6. The lowest BCUT2D eigenvalue weighted by molar-refractivity contribution is -0.133. The van der Waals surface area contributed by atoms with Crippen LogP contribution in [0.3, 0.4) is 0 Å². The van der Waals surface area contributed by atoms with Gasteiger partial charge in [-0.25, -0.2) is 0 Å². The first kappa shape index (κ1) is 18.7. The van der Waals surface area contributed by atoms with E-state index in [9.17, 15) is 4.79 Å². The fraction of sp³-hybridized carbons (Fsp3) is 0.435. The van der Waals surface area contributed by atoms with E-state index in [0.717, 1.165) is 38.8 Å². The van der Waals surface area contributed by atoms with Crippen LogP contribution in [0.1, 0.15) is 36.5 Å². The number of aryl methyl sites for hydroxylation is 1. The van der Waals surface area contributed by atoms with Crippen molar-refractivity contribution in [2.24, 2.45) is 0 Å². The zero-order valence-electron chi connectivity index (χ0n) is 15.9. The minimum atomic E-state index is 0.192. The number of hydrogen-bond acceptors (Lipinski definition) is 2. The molecule has 2 aromatic rings. The summed E-state index contributed by atoms with van der Waals surface area (Å²) >= 11 is 0. The summed E-state index contributed by atoms with van der Waals surface area (Å²) in [5, 5.41) is 3.75. The molecular formula is C23H30N2O. The zero-order valence-corrected chi connectivity index (χ0v) is 15.9. The van der Waals surface area contributed by atoms with Crippen molar-refractivity contribution in [2.45, 2.75) is 51.6 Å². The van der Waals surface area contributed by atoms with Crippen LogP contribution < -0.4 is 5.32 Å². The number of amides is 1. The van der Waals surface area contributed by atoms with Crippen molar-refractivity contribution in [1.29, 1.82) is 0 Å². The molecule has 1 aliphatic rings. The van der Waals surface area contributed by atoms with Crippen molar-refractivity contribution in [1.82, 2.24) is 10.2 Å². The van der Waals surface area contributed by atoms with Crippen molar-refractivity contribution in [3.05, 3.63) is 71.3 Å². The predicted octanol–water partition coefficient (Wildman–Crippen LogP) is 3.75. The van der Waals surface area contributed by atoms with Gasteiger partial charge in [-0.3, -0.25) is 4.79 Å². The Labute approximate surface area is 157 Å². The Kier molecular flexibility index (Phi) is 6.45. The molecule has 3 nitrogen and oxygen atoms in total. The van der Waals surface area contributed by atoms with Gasteiger partial charge in [0, 0.05) is 19.5 Å². The Balaban J connectivity index is 1.67. The Morgan fingerprint density at radius 2 is 1.88 bits per heavy atom. The van der Waals surface area contributed by atoms with Gasteiger partial charge in [0.2, 0.25) is 5.91 Å². The molecule has 1 N–H and O–H groups in total. The number of piperidine rings is 1. The normalized spacial score (nSPS) is 20.2. The highest BCUT2D eigenvalue weighted by Gasteiger charge is 2.32. The standard InChI is InChI=1S/C23H30N2O/c1-18-8-6-11-21(16-18)17-23-22(12-7-15-25(23)19(2)26)24-14-13-20-9-4-3-5-10-20/h3-6,8-11,16,22-24H,7,12-15,17H2,1-2H3/t22-,23-/m0/s1. The van der Waals surface area contributed by atoms with Crippen LogP contribution in [0.5, 0.6) is 0 Å². The van der Waals surface area contributed by atoms with Gasteiger partial charge in [-0.1, -0.05) is 60.2 Å². The number of likely N-dealkylation sites (tertiary alicyclic amines) is 1. The molecule has 2 atom stereocenters. The number of carbonyl (C=O) groups is 1. The molecule has 0 spiro atoms. The molecule has 0 saturated carbocycles. The molecule has 3 heteroatoms. The first-order valence-corrected chi connectivity index (χ1v) is 9.73. The summed E-state index contributed by atoms with van der Waals surface area (Å²) in [6, 6.07) is 19.9. The van der Waals surface area contributed by atoms with E-state index in [-0.39, 0.29) is 11.9 Å². The van der Waals surface area contributed by atoms with Crippen LogP contribution in [0.25, 0.3) is 0 Å². The Morgan fingerprint density at radius 1 is 1.12 bits per heavy atom. The summed E-state index contributed by atoms with van der Waals surface area (Å²) in [7, 11) is 0. The zero-order chi connectivity index (χ0) is 18.4. The Bertz CT molecular complexity index is 713.